The maximum atomic E-state index is 11.9. The molecular weight excluding hydrogens is 124 g/mol. The molecule has 1 saturated heterocycles. The van der Waals surface area contributed by atoms with Gasteiger partial charge in [0, 0.05) is 0 Å². The molecule has 0 bridgehead atoms. The van der Waals surface area contributed by atoms with E-state index in [0.29, 0.717) is 6.42 Å². The third-order valence-corrected chi connectivity index (χ3v) is 1.65. The molecule has 0 amide bonds. The summed E-state index contributed by atoms with van der Waals surface area (Å²) in [4.78, 5) is 0. The van der Waals surface area contributed by atoms with E-state index in [0.717, 1.165) is 19.4 Å². The van der Waals surface area contributed by atoms with Crippen LogP contribution in [-0.4, -0.2) is 19.0 Å². The number of nitrogens with one attached hydrogen (secondary N) is 1. The van der Waals surface area contributed by atoms with Crippen molar-refractivity contribution < 1.29 is 8.78 Å². The summed E-state index contributed by atoms with van der Waals surface area (Å²) in [5, 5.41) is 2.77. The SMILES string of the molecule is FC(F)[C@@H]1CCCCN1. The van der Waals surface area contributed by atoms with Gasteiger partial charge in [-0.1, -0.05) is 6.42 Å². The highest BCUT2D eigenvalue weighted by atomic mass is 19.3. The van der Waals surface area contributed by atoms with Gasteiger partial charge in [0.25, 0.3) is 6.43 Å². The fourth-order valence-corrected chi connectivity index (χ4v) is 1.09. The molecule has 0 radical (unpaired) electrons. The molecule has 1 aliphatic heterocycles. The number of rotatable bonds is 1. The molecule has 0 unspecified atom stereocenters. The largest absolute Gasteiger partial charge is 0.309 e. The molecule has 1 fully saturated rings. The van der Waals surface area contributed by atoms with Crippen LogP contribution in [0.5, 0.6) is 0 Å². The number of alkyl halides is 2. The van der Waals surface area contributed by atoms with Crippen LogP contribution in [-0.2, 0) is 0 Å². The molecule has 0 aromatic rings. The summed E-state index contributed by atoms with van der Waals surface area (Å²) in [5.74, 6) is 0. The standard InChI is InChI=1S/C6H11F2N/c7-6(8)5-3-1-2-4-9-5/h5-6,9H,1-4H2/t5-/m0/s1. The molecule has 1 atom stereocenters. The zero-order chi connectivity index (χ0) is 6.69. The van der Waals surface area contributed by atoms with Crippen LogP contribution >= 0.6 is 0 Å². The van der Waals surface area contributed by atoms with Crippen molar-refractivity contribution in [3.05, 3.63) is 0 Å². The lowest BCUT2D eigenvalue weighted by Gasteiger charge is -2.21. The fourth-order valence-electron chi connectivity index (χ4n) is 1.09. The Bertz CT molecular complexity index is 79.1. The fraction of sp³-hybridized carbons (Fsp3) is 1.00. The molecular formula is C6H11F2N. The number of hydrogen-bond donors (Lipinski definition) is 1. The third-order valence-electron chi connectivity index (χ3n) is 1.65. The van der Waals surface area contributed by atoms with Gasteiger partial charge in [-0.25, -0.2) is 8.78 Å². The van der Waals surface area contributed by atoms with E-state index in [9.17, 15) is 8.78 Å². The minimum Gasteiger partial charge on any atom is -0.309 e. The molecule has 0 saturated carbocycles. The molecule has 0 aromatic heterocycles. The normalized spacial score (nSPS) is 29.0. The van der Waals surface area contributed by atoms with Gasteiger partial charge in [0.1, 0.15) is 0 Å². The van der Waals surface area contributed by atoms with Crippen LogP contribution in [0.25, 0.3) is 0 Å². The maximum Gasteiger partial charge on any atom is 0.253 e. The van der Waals surface area contributed by atoms with Crippen molar-refractivity contribution in [2.45, 2.75) is 31.7 Å². The van der Waals surface area contributed by atoms with Crippen molar-refractivity contribution >= 4 is 0 Å². The van der Waals surface area contributed by atoms with Crippen LogP contribution in [0.2, 0.25) is 0 Å². The molecule has 0 aromatic carbocycles. The van der Waals surface area contributed by atoms with Gasteiger partial charge in [0.15, 0.2) is 0 Å². The highest BCUT2D eigenvalue weighted by Gasteiger charge is 2.21. The molecule has 54 valence electrons. The van der Waals surface area contributed by atoms with Crippen molar-refractivity contribution in [3.63, 3.8) is 0 Å². The average Bonchev–Trinajstić information content (AvgIpc) is 1.90. The zero-order valence-corrected chi connectivity index (χ0v) is 5.24. The van der Waals surface area contributed by atoms with Crippen molar-refractivity contribution in [2.75, 3.05) is 6.54 Å². The highest BCUT2D eigenvalue weighted by Crippen LogP contribution is 2.12. The predicted octanol–water partition coefficient (Wildman–Crippen LogP) is 1.39. The number of piperidine rings is 1. The van der Waals surface area contributed by atoms with Crippen molar-refractivity contribution in [1.29, 1.82) is 0 Å². The Balaban J connectivity index is 2.23. The van der Waals surface area contributed by atoms with Gasteiger partial charge in [-0.15, -0.1) is 0 Å². The van der Waals surface area contributed by atoms with Crippen molar-refractivity contribution in [2.24, 2.45) is 0 Å². The van der Waals surface area contributed by atoms with Gasteiger partial charge in [-0.3, -0.25) is 0 Å². The Kier molecular flexibility index (Phi) is 2.39. The summed E-state index contributed by atoms with van der Waals surface area (Å²) >= 11 is 0. The topological polar surface area (TPSA) is 12.0 Å². The minimum absolute atomic E-state index is 0.529. The van der Waals surface area contributed by atoms with E-state index in [1.54, 1.807) is 0 Å². The summed E-state index contributed by atoms with van der Waals surface area (Å²) in [7, 11) is 0. The summed E-state index contributed by atoms with van der Waals surface area (Å²) in [6.07, 6.45) is 0.452. The molecule has 1 rings (SSSR count). The number of halogens is 2. The number of hydrogen-bond acceptors (Lipinski definition) is 1. The molecule has 0 aliphatic carbocycles. The molecule has 9 heavy (non-hydrogen) atoms. The summed E-state index contributed by atoms with van der Waals surface area (Å²) in [6, 6.07) is -0.529. The van der Waals surface area contributed by atoms with Gasteiger partial charge >= 0.3 is 0 Å². The molecule has 1 heterocycles. The maximum absolute atomic E-state index is 11.9. The van der Waals surface area contributed by atoms with E-state index in [1.807, 2.05) is 0 Å². The van der Waals surface area contributed by atoms with E-state index in [1.165, 1.54) is 0 Å². The lowest BCUT2D eigenvalue weighted by Crippen LogP contribution is -2.39. The van der Waals surface area contributed by atoms with Gasteiger partial charge in [-0.2, -0.15) is 0 Å². The van der Waals surface area contributed by atoms with Gasteiger partial charge in [0.2, 0.25) is 0 Å². The van der Waals surface area contributed by atoms with E-state index >= 15 is 0 Å². The second kappa shape index (κ2) is 3.11. The Hall–Kier alpha value is -0.180. The predicted molar refractivity (Wildman–Crippen MR) is 31.6 cm³/mol. The minimum atomic E-state index is -2.18. The Labute approximate surface area is 53.4 Å². The van der Waals surface area contributed by atoms with Crippen molar-refractivity contribution in [1.82, 2.24) is 5.32 Å². The smallest absolute Gasteiger partial charge is 0.253 e. The quantitative estimate of drug-likeness (QED) is 0.573. The average molecular weight is 135 g/mol. The first-order chi connectivity index (χ1) is 4.30. The van der Waals surface area contributed by atoms with Crippen LogP contribution in [0, 0.1) is 0 Å². The third kappa shape index (κ3) is 1.90. The van der Waals surface area contributed by atoms with E-state index in [-0.39, 0.29) is 0 Å². The highest BCUT2D eigenvalue weighted by molar-refractivity contribution is 4.73. The molecule has 0 spiro atoms. The van der Waals surface area contributed by atoms with Gasteiger partial charge < -0.3 is 5.32 Å². The second-order valence-electron chi connectivity index (χ2n) is 2.39. The lowest BCUT2D eigenvalue weighted by molar-refractivity contribution is 0.0852. The summed E-state index contributed by atoms with van der Waals surface area (Å²) in [6.45, 7) is 0.759. The molecule has 3 heteroatoms. The van der Waals surface area contributed by atoms with E-state index in [4.69, 9.17) is 0 Å². The van der Waals surface area contributed by atoms with E-state index < -0.39 is 12.5 Å². The van der Waals surface area contributed by atoms with Crippen LogP contribution in [0.3, 0.4) is 0 Å². The Morgan fingerprint density at radius 3 is 2.44 bits per heavy atom. The molecule has 1 N–H and O–H groups in total. The van der Waals surface area contributed by atoms with Crippen molar-refractivity contribution in [3.8, 4) is 0 Å². The van der Waals surface area contributed by atoms with Crippen LogP contribution in [0.1, 0.15) is 19.3 Å². The first-order valence-corrected chi connectivity index (χ1v) is 3.32. The second-order valence-corrected chi connectivity index (χ2v) is 2.39. The summed E-state index contributed by atoms with van der Waals surface area (Å²) < 4.78 is 23.7. The van der Waals surface area contributed by atoms with Gasteiger partial charge in [0.05, 0.1) is 6.04 Å². The van der Waals surface area contributed by atoms with Crippen LogP contribution in [0.4, 0.5) is 8.78 Å². The lowest BCUT2D eigenvalue weighted by atomic mass is 10.1. The first kappa shape index (κ1) is 6.93. The molecule has 1 nitrogen and oxygen atoms in total. The summed E-state index contributed by atoms with van der Waals surface area (Å²) in [5.41, 5.74) is 0. The Morgan fingerprint density at radius 1 is 1.33 bits per heavy atom. The van der Waals surface area contributed by atoms with Crippen LogP contribution in [0.15, 0.2) is 0 Å². The zero-order valence-electron chi connectivity index (χ0n) is 5.24. The van der Waals surface area contributed by atoms with Crippen LogP contribution < -0.4 is 5.32 Å². The Morgan fingerprint density at radius 2 is 2.11 bits per heavy atom. The van der Waals surface area contributed by atoms with E-state index in [2.05, 4.69) is 5.32 Å². The molecule has 1 aliphatic rings. The first-order valence-electron chi connectivity index (χ1n) is 3.32. The van der Waals surface area contributed by atoms with Gasteiger partial charge in [-0.05, 0) is 19.4 Å². The monoisotopic (exact) mass is 135 g/mol.